The molecule has 1 saturated heterocycles. The van der Waals surface area contributed by atoms with Gasteiger partial charge in [-0.1, -0.05) is 42.5 Å². The number of halogens is 1. The van der Waals surface area contributed by atoms with Gasteiger partial charge in [0.1, 0.15) is 11.4 Å². The van der Waals surface area contributed by atoms with Crippen LogP contribution in [0.2, 0.25) is 0 Å². The number of aromatic nitrogens is 1. The predicted molar refractivity (Wildman–Crippen MR) is 111 cm³/mol. The lowest BCUT2D eigenvalue weighted by atomic mass is 10.1. The normalized spacial score (nSPS) is 15.7. The van der Waals surface area contributed by atoms with E-state index in [0.717, 1.165) is 15.8 Å². The Bertz CT molecular complexity index is 1230. The fourth-order valence-electron chi connectivity index (χ4n) is 3.48. The zero-order valence-corrected chi connectivity index (χ0v) is 16.0. The molecule has 2 aromatic carbocycles. The van der Waals surface area contributed by atoms with E-state index in [-0.39, 0.29) is 24.5 Å². The second-order valence-electron chi connectivity index (χ2n) is 6.84. The van der Waals surface area contributed by atoms with Crippen molar-refractivity contribution in [1.82, 2.24) is 14.8 Å². The molecule has 0 spiro atoms. The quantitative estimate of drug-likeness (QED) is 0.403. The van der Waals surface area contributed by atoms with Crippen LogP contribution in [-0.2, 0) is 16.1 Å². The van der Waals surface area contributed by atoms with Crippen LogP contribution in [0.25, 0.3) is 17.0 Å². The number of urea groups is 1. The van der Waals surface area contributed by atoms with Crippen molar-refractivity contribution in [3.63, 3.8) is 0 Å². The second-order valence-corrected chi connectivity index (χ2v) is 6.84. The summed E-state index contributed by atoms with van der Waals surface area (Å²) in [5.41, 5.74) is 1.82. The number of benzene rings is 2. The largest absolute Gasteiger partial charge is 0.342 e. The van der Waals surface area contributed by atoms with Gasteiger partial charge in [0.15, 0.2) is 0 Å². The minimum Gasteiger partial charge on any atom is -0.342 e. The van der Waals surface area contributed by atoms with Crippen LogP contribution in [0.15, 0.2) is 73.0 Å². The van der Waals surface area contributed by atoms with Gasteiger partial charge in [0.25, 0.3) is 11.8 Å². The van der Waals surface area contributed by atoms with Gasteiger partial charge in [-0.15, -0.1) is 6.58 Å². The minimum absolute atomic E-state index is 0.00959. The molecule has 1 N–H and O–H groups in total. The third-order valence-corrected chi connectivity index (χ3v) is 4.92. The van der Waals surface area contributed by atoms with Crippen molar-refractivity contribution in [2.75, 3.05) is 6.54 Å². The third-order valence-electron chi connectivity index (χ3n) is 4.92. The number of carbonyl (C=O) groups is 3. The summed E-state index contributed by atoms with van der Waals surface area (Å²) < 4.78 is 16.0. The van der Waals surface area contributed by atoms with Gasteiger partial charge in [0, 0.05) is 34.8 Å². The number of hydrogen-bond acceptors (Lipinski definition) is 3. The van der Waals surface area contributed by atoms with Gasteiger partial charge in [0.2, 0.25) is 0 Å². The molecule has 30 heavy (non-hydrogen) atoms. The molecular formula is C23H18FN3O3. The Kier molecular flexibility index (Phi) is 5.02. The van der Waals surface area contributed by atoms with Crippen LogP contribution in [0, 0.1) is 5.82 Å². The summed E-state index contributed by atoms with van der Waals surface area (Å²) in [6, 6.07) is 13.2. The van der Waals surface area contributed by atoms with E-state index in [1.54, 1.807) is 24.4 Å². The van der Waals surface area contributed by atoms with E-state index in [4.69, 9.17) is 0 Å². The highest BCUT2D eigenvalue weighted by atomic mass is 19.1. The highest BCUT2D eigenvalue weighted by molar-refractivity contribution is 6.31. The number of fused-ring (bicyclic) bond motifs is 1. The molecule has 6 nitrogen and oxygen atoms in total. The van der Waals surface area contributed by atoms with Crippen molar-refractivity contribution < 1.29 is 18.8 Å². The monoisotopic (exact) mass is 403 g/mol. The van der Waals surface area contributed by atoms with E-state index in [2.05, 4.69) is 11.9 Å². The minimum atomic E-state index is -0.774. The molecule has 2 heterocycles. The Morgan fingerprint density at radius 2 is 1.77 bits per heavy atom. The van der Waals surface area contributed by atoms with E-state index in [0.29, 0.717) is 11.1 Å². The summed E-state index contributed by atoms with van der Waals surface area (Å²) in [4.78, 5) is 37.8. The summed E-state index contributed by atoms with van der Waals surface area (Å²) in [6.07, 6.45) is 4.63. The standard InChI is InChI=1S/C23H18FN3O3/c1-2-11-27-22(29)18(21(28)25-23(27)30)12-16-14-26(20-10-6-4-8-17(16)20)13-15-7-3-5-9-19(15)24/h2-10,12,14H,1,11,13H2,(H,25,28,30)/b18-12-. The average Bonchev–Trinajstić information content (AvgIpc) is 3.07. The zero-order chi connectivity index (χ0) is 21.3. The first kappa shape index (κ1) is 19.3. The summed E-state index contributed by atoms with van der Waals surface area (Å²) in [7, 11) is 0. The first-order valence-corrected chi connectivity index (χ1v) is 9.30. The van der Waals surface area contributed by atoms with Crippen LogP contribution in [0.5, 0.6) is 0 Å². The van der Waals surface area contributed by atoms with Gasteiger partial charge in [-0.3, -0.25) is 19.8 Å². The number of carbonyl (C=O) groups excluding carboxylic acids is 3. The number of para-hydroxylation sites is 1. The summed E-state index contributed by atoms with van der Waals surface area (Å²) in [5, 5.41) is 2.97. The Morgan fingerprint density at radius 1 is 1.03 bits per heavy atom. The second kappa shape index (κ2) is 7.79. The van der Waals surface area contributed by atoms with Crippen LogP contribution >= 0.6 is 0 Å². The summed E-state index contributed by atoms with van der Waals surface area (Å²) >= 11 is 0. The summed E-state index contributed by atoms with van der Waals surface area (Å²) in [6.45, 7) is 3.81. The van der Waals surface area contributed by atoms with Gasteiger partial charge < -0.3 is 4.57 Å². The van der Waals surface area contributed by atoms with E-state index in [1.165, 1.54) is 18.2 Å². The maximum Gasteiger partial charge on any atom is 0.331 e. The Hall–Kier alpha value is -4.00. The van der Waals surface area contributed by atoms with Crippen molar-refractivity contribution in [2.24, 2.45) is 0 Å². The molecule has 0 atom stereocenters. The number of nitrogens with one attached hydrogen (secondary N) is 1. The Morgan fingerprint density at radius 3 is 2.53 bits per heavy atom. The van der Waals surface area contributed by atoms with E-state index in [1.807, 2.05) is 28.8 Å². The van der Waals surface area contributed by atoms with Gasteiger partial charge >= 0.3 is 6.03 Å². The number of barbiturate groups is 1. The smallest absolute Gasteiger partial charge is 0.331 e. The first-order valence-electron chi connectivity index (χ1n) is 9.30. The van der Waals surface area contributed by atoms with Crippen LogP contribution < -0.4 is 5.32 Å². The zero-order valence-electron chi connectivity index (χ0n) is 16.0. The molecule has 0 radical (unpaired) electrons. The average molecular weight is 403 g/mol. The van der Waals surface area contributed by atoms with E-state index < -0.39 is 17.8 Å². The molecule has 7 heteroatoms. The topological polar surface area (TPSA) is 71.4 Å². The Balaban J connectivity index is 1.79. The molecule has 0 saturated carbocycles. The lowest BCUT2D eigenvalue weighted by molar-refractivity contribution is -0.129. The molecule has 0 unspecified atom stereocenters. The van der Waals surface area contributed by atoms with Gasteiger partial charge in [-0.2, -0.15) is 0 Å². The van der Waals surface area contributed by atoms with Crippen molar-refractivity contribution >= 4 is 34.8 Å². The van der Waals surface area contributed by atoms with Crippen molar-refractivity contribution in [2.45, 2.75) is 6.54 Å². The predicted octanol–water partition coefficient (Wildman–Crippen LogP) is 3.48. The van der Waals surface area contributed by atoms with Crippen molar-refractivity contribution in [3.8, 4) is 0 Å². The molecule has 1 aliphatic heterocycles. The molecule has 1 aliphatic rings. The molecule has 150 valence electrons. The van der Waals surface area contributed by atoms with Gasteiger partial charge in [-0.25, -0.2) is 9.18 Å². The van der Waals surface area contributed by atoms with Crippen LogP contribution in [0.4, 0.5) is 9.18 Å². The van der Waals surface area contributed by atoms with Crippen LogP contribution in [-0.4, -0.2) is 33.9 Å². The molecular weight excluding hydrogens is 385 g/mol. The van der Waals surface area contributed by atoms with Gasteiger partial charge in [0.05, 0.1) is 6.54 Å². The molecule has 1 fully saturated rings. The summed E-state index contributed by atoms with van der Waals surface area (Å²) in [5.74, 6) is -1.75. The van der Waals surface area contributed by atoms with Crippen molar-refractivity contribution in [1.29, 1.82) is 0 Å². The molecule has 0 bridgehead atoms. The first-order chi connectivity index (χ1) is 14.5. The fourth-order valence-corrected chi connectivity index (χ4v) is 3.48. The molecule has 4 rings (SSSR count). The van der Waals surface area contributed by atoms with Crippen molar-refractivity contribution in [3.05, 3.63) is 89.9 Å². The van der Waals surface area contributed by atoms with Crippen LogP contribution in [0.3, 0.4) is 0 Å². The highest BCUT2D eigenvalue weighted by Gasteiger charge is 2.35. The number of imide groups is 2. The molecule has 1 aromatic heterocycles. The Labute approximate surface area is 171 Å². The number of hydrogen-bond donors (Lipinski definition) is 1. The fraction of sp³-hybridized carbons (Fsp3) is 0.0870. The number of rotatable bonds is 5. The number of amides is 4. The van der Waals surface area contributed by atoms with E-state index in [9.17, 15) is 18.8 Å². The molecule has 3 aromatic rings. The highest BCUT2D eigenvalue weighted by Crippen LogP contribution is 2.26. The lowest BCUT2D eigenvalue weighted by Gasteiger charge is -2.25. The van der Waals surface area contributed by atoms with Gasteiger partial charge in [-0.05, 0) is 18.2 Å². The maximum atomic E-state index is 14.1. The molecule has 4 amide bonds. The SMILES string of the molecule is C=CCN1C(=O)NC(=O)/C(=C/c2cn(Cc3ccccc3F)c3ccccc23)C1=O. The third kappa shape index (κ3) is 3.41. The number of nitrogens with zero attached hydrogens (tertiary/aromatic N) is 2. The van der Waals surface area contributed by atoms with E-state index >= 15 is 0 Å². The lowest BCUT2D eigenvalue weighted by Crippen LogP contribution is -2.54. The maximum absolute atomic E-state index is 14.1. The molecule has 0 aliphatic carbocycles. The van der Waals surface area contributed by atoms with Crippen LogP contribution in [0.1, 0.15) is 11.1 Å².